The van der Waals surface area contributed by atoms with Gasteiger partial charge in [-0.25, -0.2) is 4.79 Å². The van der Waals surface area contributed by atoms with E-state index in [-0.39, 0.29) is 5.78 Å². The van der Waals surface area contributed by atoms with E-state index in [1.807, 2.05) is 83.1 Å². The van der Waals surface area contributed by atoms with Gasteiger partial charge in [0, 0.05) is 27.7 Å². The van der Waals surface area contributed by atoms with E-state index in [0.29, 0.717) is 17.6 Å². The van der Waals surface area contributed by atoms with Gasteiger partial charge in [0.25, 0.3) is 0 Å². The number of benzene rings is 2. The minimum absolute atomic E-state index is 0.185. The Morgan fingerprint density at radius 1 is 1.00 bits per heavy atom. The number of ketones is 1. The number of hydrogen-bond donors (Lipinski definition) is 2. The van der Waals surface area contributed by atoms with Crippen LogP contribution in [0.3, 0.4) is 0 Å². The standard InChI is InChI=1S/C33H36N2O4/c1-31(2,3)39-30(38)35-33(16-9-17-33)23-14-12-22(13-15-23)28-24(21-10-7-6-8-11-21)18-25-27(34-28)19-32(4,5)26(20-36)29(25)37/h6-8,10-15,18,20,36H,9,16-17,19H2,1-5H3,(H,35,38). The van der Waals surface area contributed by atoms with Gasteiger partial charge in [0.1, 0.15) is 5.60 Å². The molecule has 1 saturated carbocycles. The van der Waals surface area contributed by atoms with E-state index < -0.39 is 22.6 Å². The molecule has 39 heavy (non-hydrogen) atoms. The molecule has 202 valence electrons. The molecule has 0 spiro atoms. The second-order valence-electron chi connectivity index (χ2n) is 12.3. The molecule has 0 bridgehead atoms. The highest BCUT2D eigenvalue weighted by atomic mass is 16.6. The van der Waals surface area contributed by atoms with Gasteiger partial charge in [-0.3, -0.25) is 9.78 Å². The smallest absolute Gasteiger partial charge is 0.408 e. The molecule has 2 aliphatic carbocycles. The van der Waals surface area contributed by atoms with Crippen LogP contribution < -0.4 is 5.32 Å². The number of ether oxygens (including phenoxy) is 1. The first-order chi connectivity index (χ1) is 18.4. The zero-order chi connectivity index (χ0) is 28.0. The number of carbonyl (C=O) groups excluding carboxylic acids is 2. The molecule has 6 heteroatoms. The fraction of sp³-hybridized carbons (Fsp3) is 0.364. The highest BCUT2D eigenvalue weighted by molar-refractivity contribution is 6.12. The number of carbonyl (C=O) groups is 2. The number of alkyl carbamates (subject to hydrolysis) is 1. The monoisotopic (exact) mass is 524 g/mol. The van der Waals surface area contributed by atoms with Gasteiger partial charge in [0.2, 0.25) is 0 Å². The van der Waals surface area contributed by atoms with Gasteiger partial charge in [-0.2, -0.15) is 0 Å². The van der Waals surface area contributed by atoms with Crippen molar-refractivity contribution in [3.05, 3.63) is 89.3 Å². The van der Waals surface area contributed by atoms with Crippen molar-refractivity contribution < 1.29 is 19.4 Å². The molecule has 0 aliphatic heterocycles. The van der Waals surface area contributed by atoms with Crippen LogP contribution in [0, 0.1) is 5.41 Å². The quantitative estimate of drug-likeness (QED) is 0.272. The number of rotatable bonds is 4. The Balaban J connectivity index is 1.55. The Morgan fingerprint density at radius 3 is 2.23 bits per heavy atom. The number of amides is 1. The van der Waals surface area contributed by atoms with E-state index in [4.69, 9.17) is 9.72 Å². The molecule has 2 aliphatic rings. The van der Waals surface area contributed by atoms with Gasteiger partial charge in [0.15, 0.2) is 5.78 Å². The van der Waals surface area contributed by atoms with E-state index in [9.17, 15) is 14.7 Å². The van der Waals surface area contributed by atoms with Crippen LogP contribution in [0.1, 0.15) is 75.5 Å². The lowest BCUT2D eigenvalue weighted by Gasteiger charge is -2.43. The molecule has 0 radical (unpaired) electrons. The van der Waals surface area contributed by atoms with Gasteiger partial charge in [0.05, 0.1) is 23.2 Å². The Morgan fingerprint density at radius 2 is 1.67 bits per heavy atom. The molecule has 1 amide bonds. The van der Waals surface area contributed by atoms with Crippen LogP contribution >= 0.6 is 0 Å². The molecule has 0 unspecified atom stereocenters. The van der Waals surface area contributed by atoms with E-state index in [1.54, 1.807) is 0 Å². The summed E-state index contributed by atoms with van der Waals surface area (Å²) >= 11 is 0. The van der Waals surface area contributed by atoms with Crippen LogP contribution in [0.5, 0.6) is 0 Å². The van der Waals surface area contributed by atoms with Crippen molar-refractivity contribution in [2.24, 2.45) is 5.41 Å². The number of nitrogens with zero attached hydrogens (tertiary/aromatic N) is 1. The summed E-state index contributed by atoms with van der Waals surface area (Å²) in [6.45, 7) is 9.49. The maximum Gasteiger partial charge on any atom is 0.408 e. The van der Waals surface area contributed by atoms with Crippen molar-refractivity contribution in [1.82, 2.24) is 10.3 Å². The average Bonchev–Trinajstić information content (AvgIpc) is 2.85. The minimum atomic E-state index is -0.561. The largest absolute Gasteiger partial charge is 0.515 e. The van der Waals surface area contributed by atoms with Gasteiger partial charge in [-0.05, 0) is 63.6 Å². The molecule has 2 aromatic carbocycles. The lowest BCUT2D eigenvalue weighted by Crippen LogP contribution is -2.52. The topological polar surface area (TPSA) is 88.5 Å². The number of nitrogens with one attached hydrogen (secondary N) is 1. The Kier molecular flexibility index (Phi) is 6.61. The van der Waals surface area contributed by atoms with Crippen molar-refractivity contribution in [2.75, 3.05) is 0 Å². The SMILES string of the molecule is CC(C)(C)OC(=O)NC1(c2ccc(-c3nc4c(cc3-c3ccccc3)C(=O)C(=CO)C(C)(C)C4)cc2)CCC1. The highest BCUT2D eigenvalue weighted by Gasteiger charge is 2.41. The maximum atomic E-state index is 13.4. The molecule has 6 nitrogen and oxygen atoms in total. The fourth-order valence-electron chi connectivity index (χ4n) is 5.60. The van der Waals surface area contributed by atoms with Crippen molar-refractivity contribution in [2.45, 2.75) is 71.4 Å². The number of aliphatic hydroxyl groups is 1. The second kappa shape index (κ2) is 9.67. The molecule has 0 atom stereocenters. The van der Waals surface area contributed by atoms with Crippen LogP contribution in [0.4, 0.5) is 4.79 Å². The average molecular weight is 525 g/mol. The number of fused-ring (bicyclic) bond motifs is 1. The number of Topliss-reactive ketones (excluding diaryl/α,β-unsaturated/α-hetero) is 1. The number of pyridine rings is 1. The Bertz CT molecular complexity index is 1440. The zero-order valence-electron chi connectivity index (χ0n) is 23.3. The van der Waals surface area contributed by atoms with E-state index >= 15 is 0 Å². The molecule has 0 saturated heterocycles. The predicted molar refractivity (Wildman–Crippen MR) is 153 cm³/mol. The maximum absolute atomic E-state index is 13.4. The summed E-state index contributed by atoms with van der Waals surface area (Å²) in [5, 5.41) is 13.0. The summed E-state index contributed by atoms with van der Waals surface area (Å²) < 4.78 is 5.54. The van der Waals surface area contributed by atoms with Crippen molar-refractivity contribution in [3.63, 3.8) is 0 Å². The van der Waals surface area contributed by atoms with Gasteiger partial charge in [-0.1, -0.05) is 68.4 Å². The summed E-state index contributed by atoms with van der Waals surface area (Å²) in [7, 11) is 0. The fourth-order valence-corrected chi connectivity index (χ4v) is 5.60. The van der Waals surface area contributed by atoms with Crippen molar-refractivity contribution in [1.29, 1.82) is 0 Å². The summed E-state index contributed by atoms with van der Waals surface area (Å²) in [6, 6.07) is 20.0. The molecular formula is C33H36N2O4. The summed E-state index contributed by atoms with van der Waals surface area (Å²) in [6.07, 6.45) is 3.84. The van der Waals surface area contributed by atoms with Crippen molar-refractivity contribution in [3.8, 4) is 22.4 Å². The van der Waals surface area contributed by atoms with Gasteiger partial charge < -0.3 is 15.2 Å². The number of aliphatic hydroxyl groups excluding tert-OH is 1. The molecule has 1 heterocycles. The summed E-state index contributed by atoms with van der Waals surface area (Å²) in [5.74, 6) is -0.185. The van der Waals surface area contributed by atoms with Gasteiger partial charge in [-0.15, -0.1) is 0 Å². The van der Waals surface area contributed by atoms with Gasteiger partial charge >= 0.3 is 6.09 Å². The van der Waals surface area contributed by atoms with E-state index in [2.05, 4.69) is 17.4 Å². The van der Waals surface area contributed by atoms with Crippen molar-refractivity contribution >= 4 is 11.9 Å². The Labute approximate surface area is 230 Å². The van der Waals surface area contributed by atoms with Crippen LogP contribution in [-0.4, -0.2) is 27.6 Å². The van der Waals surface area contributed by atoms with E-state index in [0.717, 1.165) is 59.2 Å². The molecule has 1 fully saturated rings. The van der Waals surface area contributed by atoms with Crippen LogP contribution in [-0.2, 0) is 16.7 Å². The summed E-state index contributed by atoms with van der Waals surface area (Å²) in [4.78, 5) is 31.0. The van der Waals surface area contributed by atoms with Crippen LogP contribution in [0.15, 0.2) is 72.5 Å². The first kappa shape index (κ1) is 26.7. The van der Waals surface area contributed by atoms with E-state index in [1.165, 1.54) is 0 Å². The molecule has 3 aromatic rings. The predicted octanol–water partition coefficient (Wildman–Crippen LogP) is 7.53. The Hall–Kier alpha value is -3.93. The molecule has 5 rings (SSSR count). The third kappa shape index (κ3) is 5.08. The molecular weight excluding hydrogens is 488 g/mol. The molecule has 1 aromatic heterocycles. The molecule has 2 N–H and O–H groups in total. The minimum Gasteiger partial charge on any atom is -0.515 e. The second-order valence-corrected chi connectivity index (χ2v) is 12.3. The number of allylic oxidation sites excluding steroid dienone is 1. The lowest BCUT2D eigenvalue weighted by atomic mass is 9.71. The highest BCUT2D eigenvalue weighted by Crippen LogP contribution is 2.44. The zero-order valence-corrected chi connectivity index (χ0v) is 23.3. The number of aromatic nitrogens is 1. The summed E-state index contributed by atoms with van der Waals surface area (Å²) in [5.41, 5.74) is 4.73. The first-order valence-electron chi connectivity index (χ1n) is 13.5. The van der Waals surface area contributed by atoms with Crippen LogP contribution in [0.2, 0.25) is 0 Å². The first-order valence-corrected chi connectivity index (χ1v) is 13.5. The van der Waals surface area contributed by atoms with Crippen LogP contribution in [0.25, 0.3) is 22.4 Å². The third-order valence-electron chi connectivity index (χ3n) is 7.80. The lowest BCUT2D eigenvalue weighted by molar-refractivity contribution is 0.0377. The number of hydrogen-bond acceptors (Lipinski definition) is 5. The third-order valence-corrected chi connectivity index (χ3v) is 7.80. The normalized spacial score (nSPS) is 18.7.